The summed E-state index contributed by atoms with van der Waals surface area (Å²) in [6.45, 7) is 0. The van der Waals surface area contributed by atoms with Crippen LogP contribution in [0, 0.1) is 0 Å². The highest BCUT2D eigenvalue weighted by Crippen LogP contribution is 2.44. The molecule has 2 atom stereocenters. The Morgan fingerprint density at radius 1 is 1.00 bits per heavy atom. The quantitative estimate of drug-likeness (QED) is 0.352. The van der Waals surface area contributed by atoms with Crippen molar-refractivity contribution in [3.8, 4) is 0 Å². The van der Waals surface area contributed by atoms with Crippen LogP contribution in [-0.2, 0) is 16.0 Å². The minimum absolute atomic E-state index is 0.0623. The smallest absolute Gasteiger partial charge is 0.337 e. The number of carbonyl (C=O) groups is 2. The van der Waals surface area contributed by atoms with Crippen LogP contribution < -0.4 is 4.90 Å². The minimum Gasteiger partial charge on any atom is -0.465 e. The van der Waals surface area contributed by atoms with Crippen LogP contribution in [0.3, 0.4) is 0 Å². The Labute approximate surface area is 201 Å². The lowest BCUT2D eigenvalue weighted by atomic mass is 9.89. The molecule has 0 aliphatic carbocycles. The van der Waals surface area contributed by atoms with Crippen molar-refractivity contribution in [2.24, 2.45) is 0 Å². The number of amides is 1. The summed E-state index contributed by atoms with van der Waals surface area (Å²) in [5.41, 5.74) is 5.41. The molecule has 4 aromatic rings. The lowest BCUT2D eigenvalue weighted by Gasteiger charge is -2.37. The summed E-state index contributed by atoms with van der Waals surface area (Å²) in [7, 11) is 1.34. The molecule has 1 amide bonds. The fourth-order valence-electron chi connectivity index (χ4n) is 5.16. The maximum atomic E-state index is 13.8. The van der Waals surface area contributed by atoms with Crippen LogP contribution in [0.5, 0.6) is 0 Å². The fourth-order valence-corrected chi connectivity index (χ4v) is 5.59. The number of nitrogens with zero attached hydrogens (tertiary/aromatic N) is 2. The highest BCUT2D eigenvalue weighted by atomic mass is 32.1. The molecular formula is C27H21N3O3S. The first-order valence-electron chi connectivity index (χ1n) is 11.1. The summed E-state index contributed by atoms with van der Waals surface area (Å²) in [5.74, 6) is -0.485. The molecule has 2 aliphatic rings. The van der Waals surface area contributed by atoms with Crippen LogP contribution >= 0.6 is 12.2 Å². The van der Waals surface area contributed by atoms with E-state index >= 15 is 0 Å². The van der Waals surface area contributed by atoms with Crippen molar-refractivity contribution < 1.29 is 14.3 Å². The number of benzene rings is 3. The standard InChI is InChI=1S/C27H21N3O3S/c1-33-26(32)17-11-13-18(14-12-17)29-25(31)22-15-20-19-9-5-6-10-21(19)28-23(20)24(30(22)27(29)34)16-7-3-2-4-8-16/h2-14,22,24,28H,15H2,1H3/t22-,24+/m1/s1. The van der Waals surface area contributed by atoms with Crippen molar-refractivity contribution in [3.63, 3.8) is 0 Å². The number of ether oxygens (including phenoxy) is 1. The number of rotatable bonds is 3. The van der Waals surface area contributed by atoms with E-state index in [0.717, 1.165) is 27.7 Å². The zero-order valence-electron chi connectivity index (χ0n) is 18.4. The third-order valence-corrected chi connectivity index (χ3v) is 7.10. The van der Waals surface area contributed by atoms with Crippen LogP contribution in [0.15, 0.2) is 78.9 Å². The predicted molar refractivity (Wildman–Crippen MR) is 134 cm³/mol. The molecule has 3 heterocycles. The van der Waals surface area contributed by atoms with Crippen LogP contribution in [0.4, 0.5) is 5.69 Å². The molecule has 0 saturated carbocycles. The van der Waals surface area contributed by atoms with Crippen LogP contribution in [0.25, 0.3) is 10.9 Å². The number of H-pyrrole nitrogens is 1. The van der Waals surface area contributed by atoms with E-state index in [0.29, 0.717) is 22.8 Å². The Hall–Kier alpha value is -3.97. The molecule has 1 aromatic heterocycles. The van der Waals surface area contributed by atoms with Gasteiger partial charge in [-0.1, -0.05) is 48.5 Å². The number of aromatic nitrogens is 1. The van der Waals surface area contributed by atoms with Gasteiger partial charge < -0.3 is 14.6 Å². The van der Waals surface area contributed by atoms with E-state index in [-0.39, 0.29) is 11.9 Å². The largest absolute Gasteiger partial charge is 0.465 e. The molecule has 168 valence electrons. The van der Waals surface area contributed by atoms with Gasteiger partial charge in [-0.3, -0.25) is 9.69 Å². The summed E-state index contributed by atoms with van der Waals surface area (Å²) in [5, 5.41) is 1.59. The number of thiocarbonyl (C=S) groups is 1. The van der Waals surface area contributed by atoms with Gasteiger partial charge in [0.25, 0.3) is 5.91 Å². The number of hydrogen-bond acceptors (Lipinski definition) is 4. The SMILES string of the molecule is COC(=O)c1ccc(N2C(=O)[C@H]3Cc4c([nH]c5ccccc45)[C@H](c4ccccc4)N3C2=S)cc1. The Morgan fingerprint density at radius 2 is 1.71 bits per heavy atom. The van der Waals surface area contributed by atoms with Gasteiger partial charge in [0, 0.05) is 23.0 Å². The van der Waals surface area contributed by atoms with Crippen molar-refractivity contribution in [3.05, 3.63) is 101 Å². The maximum Gasteiger partial charge on any atom is 0.337 e. The van der Waals surface area contributed by atoms with Gasteiger partial charge in [0.1, 0.15) is 6.04 Å². The molecule has 3 aromatic carbocycles. The van der Waals surface area contributed by atoms with E-state index in [2.05, 4.69) is 34.1 Å². The third-order valence-electron chi connectivity index (χ3n) is 6.71. The molecular weight excluding hydrogens is 446 g/mol. The van der Waals surface area contributed by atoms with Gasteiger partial charge in [0.2, 0.25) is 0 Å². The molecule has 6 rings (SSSR count). The summed E-state index contributed by atoms with van der Waals surface area (Å²) >= 11 is 5.92. The Kier molecular flexibility index (Phi) is 4.74. The van der Waals surface area contributed by atoms with E-state index in [1.807, 2.05) is 30.3 Å². The Balaban J connectivity index is 1.47. The molecule has 0 unspecified atom stereocenters. The third kappa shape index (κ3) is 2.97. The van der Waals surface area contributed by atoms with Crippen LogP contribution in [0.2, 0.25) is 0 Å². The predicted octanol–water partition coefficient (Wildman–Crippen LogP) is 4.60. The first-order chi connectivity index (χ1) is 16.6. The van der Waals surface area contributed by atoms with Crippen molar-refractivity contribution >= 4 is 45.8 Å². The Morgan fingerprint density at radius 3 is 2.44 bits per heavy atom. The molecule has 6 nitrogen and oxygen atoms in total. The lowest BCUT2D eigenvalue weighted by Crippen LogP contribution is -2.44. The number of para-hydroxylation sites is 1. The number of esters is 1. The highest BCUT2D eigenvalue weighted by molar-refractivity contribution is 7.80. The summed E-state index contributed by atoms with van der Waals surface area (Å²) < 4.78 is 4.79. The van der Waals surface area contributed by atoms with Gasteiger partial charge in [-0.2, -0.15) is 0 Å². The lowest BCUT2D eigenvalue weighted by molar-refractivity contribution is -0.120. The van der Waals surface area contributed by atoms with Gasteiger partial charge in [-0.25, -0.2) is 4.79 Å². The molecule has 0 bridgehead atoms. The maximum absolute atomic E-state index is 13.8. The number of nitrogens with one attached hydrogen (secondary N) is 1. The molecule has 1 saturated heterocycles. The summed E-state index contributed by atoms with van der Waals surface area (Å²) in [4.78, 5) is 32.9. The average molecular weight is 468 g/mol. The molecule has 0 radical (unpaired) electrons. The minimum atomic E-state index is -0.422. The van der Waals surface area contributed by atoms with Crippen molar-refractivity contribution in [1.29, 1.82) is 0 Å². The van der Waals surface area contributed by atoms with Gasteiger partial charge >= 0.3 is 5.97 Å². The van der Waals surface area contributed by atoms with Gasteiger partial charge in [0.05, 0.1) is 24.4 Å². The first kappa shape index (κ1) is 20.6. The molecule has 2 aliphatic heterocycles. The second-order valence-electron chi connectivity index (χ2n) is 8.50. The first-order valence-corrected chi connectivity index (χ1v) is 11.5. The topological polar surface area (TPSA) is 65.6 Å². The number of hydrogen-bond donors (Lipinski definition) is 1. The van der Waals surface area contributed by atoms with E-state index in [1.54, 1.807) is 29.2 Å². The van der Waals surface area contributed by atoms with Crippen molar-refractivity contribution in [1.82, 2.24) is 9.88 Å². The summed E-state index contributed by atoms with van der Waals surface area (Å²) in [6.07, 6.45) is 0.568. The van der Waals surface area contributed by atoms with E-state index < -0.39 is 12.0 Å². The zero-order valence-corrected chi connectivity index (χ0v) is 19.2. The number of carbonyl (C=O) groups excluding carboxylic acids is 2. The monoisotopic (exact) mass is 467 g/mol. The molecule has 0 spiro atoms. The molecule has 34 heavy (non-hydrogen) atoms. The van der Waals surface area contributed by atoms with Gasteiger partial charge in [-0.15, -0.1) is 0 Å². The second-order valence-corrected chi connectivity index (χ2v) is 8.86. The molecule has 1 N–H and O–H groups in total. The van der Waals surface area contributed by atoms with Gasteiger partial charge in [0.15, 0.2) is 5.11 Å². The highest BCUT2D eigenvalue weighted by Gasteiger charge is 2.50. The Bertz CT molecular complexity index is 1450. The van der Waals surface area contributed by atoms with Crippen molar-refractivity contribution in [2.45, 2.75) is 18.5 Å². The van der Waals surface area contributed by atoms with Gasteiger partial charge in [-0.05, 0) is 53.7 Å². The van der Waals surface area contributed by atoms with E-state index in [1.165, 1.54) is 7.11 Å². The molecule has 1 fully saturated rings. The van der Waals surface area contributed by atoms with Crippen LogP contribution in [-0.4, -0.2) is 40.0 Å². The number of methoxy groups -OCH3 is 1. The number of fused-ring (bicyclic) bond motifs is 4. The average Bonchev–Trinajstić information content (AvgIpc) is 3.37. The second kappa shape index (κ2) is 7.81. The number of anilines is 1. The molecule has 7 heteroatoms. The fraction of sp³-hybridized carbons (Fsp3) is 0.148. The normalized spacial score (nSPS) is 19.3. The van der Waals surface area contributed by atoms with E-state index in [4.69, 9.17) is 17.0 Å². The number of aromatic amines is 1. The van der Waals surface area contributed by atoms with Crippen LogP contribution in [0.1, 0.15) is 33.2 Å². The zero-order chi connectivity index (χ0) is 23.4. The van der Waals surface area contributed by atoms with E-state index in [9.17, 15) is 9.59 Å². The van der Waals surface area contributed by atoms with Crippen molar-refractivity contribution in [2.75, 3.05) is 12.0 Å². The summed E-state index contributed by atoms with van der Waals surface area (Å²) in [6, 6.07) is 24.5.